The molecule has 1 amide bonds. The lowest BCUT2D eigenvalue weighted by Crippen LogP contribution is -2.20. The van der Waals surface area contributed by atoms with Crippen LogP contribution in [-0.2, 0) is 4.79 Å². The van der Waals surface area contributed by atoms with Gasteiger partial charge in [-0.2, -0.15) is 0 Å². The van der Waals surface area contributed by atoms with E-state index in [-0.39, 0.29) is 17.7 Å². The maximum Gasteiger partial charge on any atom is 0.305 e. The summed E-state index contributed by atoms with van der Waals surface area (Å²) in [5.41, 5.74) is 5.21. The normalized spacial score (nSPS) is 11.9. The number of carbonyl (C=O) groups is 2. The molecular formula is C11H13FN2O3. The summed E-state index contributed by atoms with van der Waals surface area (Å²) in [6.07, 6.45) is -0.128. The minimum Gasteiger partial charge on any atom is -0.481 e. The van der Waals surface area contributed by atoms with Gasteiger partial charge in [0, 0.05) is 11.6 Å². The van der Waals surface area contributed by atoms with Crippen LogP contribution >= 0.6 is 0 Å². The first-order valence-electron chi connectivity index (χ1n) is 4.98. The number of carboxylic acids is 1. The van der Waals surface area contributed by atoms with Gasteiger partial charge < -0.3 is 16.2 Å². The molecule has 1 atom stereocenters. The van der Waals surface area contributed by atoms with Gasteiger partial charge in [0.15, 0.2) is 0 Å². The summed E-state index contributed by atoms with van der Waals surface area (Å²) in [5, 5.41) is 11.3. The molecule has 1 unspecified atom stereocenters. The van der Waals surface area contributed by atoms with Crippen molar-refractivity contribution in [2.45, 2.75) is 19.4 Å². The van der Waals surface area contributed by atoms with Crippen LogP contribution in [0.25, 0.3) is 0 Å². The number of benzene rings is 1. The average Bonchev–Trinajstić information content (AvgIpc) is 2.19. The van der Waals surface area contributed by atoms with Crippen molar-refractivity contribution in [1.82, 2.24) is 0 Å². The molecule has 0 aliphatic heterocycles. The van der Waals surface area contributed by atoms with Crippen LogP contribution in [0.1, 0.15) is 23.7 Å². The second kappa shape index (κ2) is 5.29. The number of carbonyl (C=O) groups excluding carboxylic acids is 1. The third-order valence-electron chi connectivity index (χ3n) is 2.14. The Morgan fingerprint density at radius 3 is 2.65 bits per heavy atom. The zero-order valence-electron chi connectivity index (χ0n) is 9.24. The fourth-order valence-corrected chi connectivity index (χ4v) is 1.36. The number of primary amides is 1. The largest absolute Gasteiger partial charge is 0.481 e. The van der Waals surface area contributed by atoms with Gasteiger partial charge in [-0.1, -0.05) is 0 Å². The minimum absolute atomic E-state index is 0.0685. The first-order valence-corrected chi connectivity index (χ1v) is 4.98. The number of nitrogens with two attached hydrogens (primary N) is 1. The summed E-state index contributed by atoms with van der Waals surface area (Å²) in [7, 11) is 0. The van der Waals surface area contributed by atoms with Gasteiger partial charge in [-0.25, -0.2) is 4.39 Å². The lowest BCUT2D eigenvalue weighted by Gasteiger charge is -2.13. The molecule has 0 heterocycles. The molecule has 1 aromatic carbocycles. The van der Waals surface area contributed by atoms with Crippen molar-refractivity contribution in [3.8, 4) is 0 Å². The second-order valence-electron chi connectivity index (χ2n) is 3.70. The van der Waals surface area contributed by atoms with E-state index in [1.54, 1.807) is 6.92 Å². The van der Waals surface area contributed by atoms with Crippen LogP contribution in [0, 0.1) is 5.82 Å². The molecule has 17 heavy (non-hydrogen) atoms. The fourth-order valence-electron chi connectivity index (χ4n) is 1.36. The van der Waals surface area contributed by atoms with Crippen LogP contribution in [0.4, 0.5) is 10.1 Å². The molecule has 0 bridgehead atoms. The number of amides is 1. The van der Waals surface area contributed by atoms with E-state index in [1.165, 1.54) is 12.1 Å². The Morgan fingerprint density at radius 2 is 2.18 bits per heavy atom. The van der Waals surface area contributed by atoms with Crippen LogP contribution in [0.15, 0.2) is 18.2 Å². The van der Waals surface area contributed by atoms with Gasteiger partial charge in [-0.3, -0.25) is 9.59 Å². The van der Waals surface area contributed by atoms with Crippen molar-refractivity contribution in [3.63, 3.8) is 0 Å². The smallest absolute Gasteiger partial charge is 0.305 e. The van der Waals surface area contributed by atoms with Crippen LogP contribution in [0.3, 0.4) is 0 Å². The van der Waals surface area contributed by atoms with Gasteiger partial charge in [-0.05, 0) is 25.1 Å². The van der Waals surface area contributed by atoms with Crippen molar-refractivity contribution in [1.29, 1.82) is 0 Å². The first-order chi connectivity index (χ1) is 7.90. The van der Waals surface area contributed by atoms with Crippen molar-refractivity contribution >= 4 is 17.6 Å². The van der Waals surface area contributed by atoms with E-state index in [0.29, 0.717) is 0 Å². The number of aliphatic carboxylic acids is 1. The van der Waals surface area contributed by atoms with E-state index >= 15 is 0 Å². The molecule has 0 aromatic heterocycles. The van der Waals surface area contributed by atoms with Gasteiger partial charge in [0.2, 0.25) is 5.91 Å². The molecule has 1 rings (SSSR count). The lowest BCUT2D eigenvalue weighted by molar-refractivity contribution is -0.137. The molecular weight excluding hydrogens is 227 g/mol. The lowest BCUT2D eigenvalue weighted by atomic mass is 10.1. The molecule has 1 aromatic rings. The van der Waals surface area contributed by atoms with Crippen molar-refractivity contribution in [2.24, 2.45) is 5.73 Å². The quantitative estimate of drug-likeness (QED) is 0.721. The Labute approximate surface area is 97.4 Å². The predicted octanol–water partition coefficient (Wildman–Crippen LogP) is 1.20. The zero-order chi connectivity index (χ0) is 13.0. The highest BCUT2D eigenvalue weighted by molar-refractivity contribution is 5.93. The Hall–Kier alpha value is -2.11. The number of rotatable bonds is 5. The Balaban J connectivity index is 2.79. The van der Waals surface area contributed by atoms with E-state index in [1.807, 2.05) is 0 Å². The van der Waals surface area contributed by atoms with E-state index in [4.69, 9.17) is 10.8 Å². The average molecular weight is 240 g/mol. The number of hydrogen-bond donors (Lipinski definition) is 3. The predicted molar refractivity (Wildman–Crippen MR) is 60.3 cm³/mol. The van der Waals surface area contributed by atoms with Crippen LogP contribution in [0.2, 0.25) is 0 Å². The number of nitrogens with one attached hydrogen (secondary N) is 1. The third kappa shape index (κ3) is 3.75. The molecule has 0 saturated heterocycles. The monoisotopic (exact) mass is 240 g/mol. The molecule has 4 N–H and O–H groups in total. The van der Waals surface area contributed by atoms with Crippen molar-refractivity contribution < 1.29 is 19.1 Å². The van der Waals surface area contributed by atoms with Gasteiger partial charge in [0.05, 0.1) is 12.1 Å². The highest BCUT2D eigenvalue weighted by atomic mass is 19.1. The number of halogens is 1. The maximum atomic E-state index is 13.5. The van der Waals surface area contributed by atoms with Gasteiger partial charge >= 0.3 is 5.97 Å². The zero-order valence-corrected chi connectivity index (χ0v) is 9.24. The Bertz CT molecular complexity index is 448. The molecule has 0 aliphatic rings. The summed E-state index contributed by atoms with van der Waals surface area (Å²) in [4.78, 5) is 21.2. The van der Waals surface area contributed by atoms with E-state index < -0.39 is 23.7 Å². The van der Waals surface area contributed by atoms with Crippen LogP contribution in [0.5, 0.6) is 0 Å². The first kappa shape index (κ1) is 13.0. The molecule has 92 valence electrons. The highest BCUT2D eigenvalue weighted by Gasteiger charge is 2.11. The molecule has 0 saturated carbocycles. The summed E-state index contributed by atoms with van der Waals surface area (Å²) in [6.45, 7) is 1.62. The van der Waals surface area contributed by atoms with Crippen LogP contribution < -0.4 is 11.1 Å². The van der Waals surface area contributed by atoms with E-state index in [9.17, 15) is 14.0 Å². The number of anilines is 1. The Kier molecular flexibility index (Phi) is 4.03. The number of hydrogen-bond acceptors (Lipinski definition) is 3. The molecule has 0 radical (unpaired) electrons. The molecule has 5 nitrogen and oxygen atoms in total. The SMILES string of the molecule is CC(CC(=O)O)Nc1ccc(C(N)=O)cc1F. The summed E-state index contributed by atoms with van der Waals surface area (Å²) < 4.78 is 13.5. The molecule has 0 aliphatic carbocycles. The second-order valence-corrected chi connectivity index (χ2v) is 3.70. The summed E-state index contributed by atoms with van der Waals surface area (Å²) in [5.74, 6) is -2.33. The number of carboxylic acid groups (broad SMARTS) is 1. The standard InChI is InChI=1S/C11H13FN2O3/c1-6(4-10(15)16)14-9-3-2-7(11(13)17)5-8(9)12/h2-3,5-6,14H,4H2,1H3,(H2,13,17)(H,15,16). The van der Waals surface area contributed by atoms with Gasteiger partial charge in [0.1, 0.15) is 5.82 Å². The highest BCUT2D eigenvalue weighted by Crippen LogP contribution is 2.17. The van der Waals surface area contributed by atoms with Crippen molar-refractivity contribution in [2.75, 3.05) is 5.32 Å². The fraction of sp³-hybridized carbons (Fsp3) is 0.273. The summed E-state index contributed by atoms with van der Waals surface area (Å²) >= 11 is 0. The van der Waals surface area contributed by atoms with Crippen molar-refractivity contribution in [3.05, 3.63) is 29.6 Å². The van der Waals surface area contributed by atoms with Gasteiger partial charge in [0.25, 0.3) is 0 Å². The minimum atomic E-state index is -0.973. The maximum absolute atomic E-state index is 13.5. The van der Waals surface area contributed by atoms with Gasteiger partial charge in [-0.15, -0.1) is 0 Å². The molecule has 0 spiro atoms. The molecule has 0 fully saturated rings. The van der Waals surface area contributed by atoms with E-state index in [0.717, 1.165) is 6.07 Å². The summed E-state index contributed by atoms with van der Waals surface area (Å²) in [6, 6.07) is 3.33. The van der Waals surface area contributed by atoms with E-state index in [2.05, 4.69) is 5.32 Å². The third-order valence-corrected chi connectivity index (χ3v) is 2.14. The Morgan fingerprint density at radius 1 is 1.53 bits per heavy atom. The molecule has 6 heteroatoms. The topological polar surface area (TPSA) is 92.4 Å². The van der Waals surface area contributed by atoms with Crippen LogP contribution in [-0.4, -0.2) is 23.0 Å².